The lowest BCUT2D eigenvalue weighted by Gasteiger charge is -2.34. The van der Waals surface area contributed by atoms with E-state index in [-0.39, 0.29) is 16.4 Å². The Hall–Kier alpha value is -1.78. The van der Waals surface area contributed by atoms with Gasteiger partial charge in [-0.2, -0.15) is 0 Å². The first kappa shape index (κ1) is 17.6. The average Bonchev–Trinajstić information content (AvgIpc) is 3.22. The zero-order valence-corrected chi connectivity index (χ0v) is 16.0. The van der Waals surface area contributed by atoms with Crippen molar-refractivity contribution < 1.29 is 9.50 Å². The van der Waals surface area contributed by atoms with Crippen LogP contribution in [0.3, 0.4) is 0 Å². The summed E-state index contributed by atoms with van der Waals surface area (Å²) >= 11 is 3.01. The highest BCUT2D eigenvalue weighted by molar-refractivity contribution is 8.14. The summed E-state index contributed by atoms with van der Waals surface area (Å²) in [5.41, 5.74) is 4.64. The van der Waals surface area contributed by atoms with Gasteiger partial charge in [0.2, 0.25) is 5.95 Å². The Bertz CT molecular complexity index is 853. The Balaban J connectivity index is 1.71. The van der Waals surface area contributed by atoms with Gasteiger partial charge < -0.3 is 15.7 Å². The molecular formula is C16H19FN6OS2. The van der Waals surface area contributed by atoms with Crippen LogP contribution in [0, 0.1) is 11.7 Å². The molecule has 1 fully saturated rings. The van der Waals surface area contributed by atoms with Gasteiger partial charge in [-0.15, -0.1) is 0 Å². The zero-order chi connectivity index (χ0) is 18.5. The van der Waals surface area contributed by atoms with Gasteiger partial charge in [-0.05, 0) is 31.4 Å². The first-order chi connectivity index (χ1) is 12.3. The maximum Gasteiger partial charge on any atom is 0.225 e. The largest absolute Gasteiger partial charge is 0.384 e. The van der Waals surface area contributed by atoms with Crippen molar-refractivity contribution in [1.82, 2.24) is 14.3 Å². The molecule has 0 radical (unpaired) electrons. The summed E-state index contributed by atoms with van der Waals surface area (Å²) in [4.78, 5) is 16.0. The molecule has 26 heavy (non-hydrogen) atoms. The third-order valence-corrected chi connectivity index (χ3v) is 7.17. The monoisotopic (exact) mass is 394 g/mol. The van der Waals surface area contributed by atoms with E-state index in [0.717, 1.165) is 11.1 Å². The number of nitrogens with two attached hydrogens (primary N) is 1. The summed E-state index contributed by atoms with van der Waals surface area (Å²) in [7, 11) is 0. The number of halogens is 1. The summed E-state index contributed by atoms with van der Waals surface area (Å²) < 4.78 is 18.0. The van der Waals surface area contributed by atoms with Crippen molar-refractivity contribution in [2.45, 2.75) is 24.2 Å². The van der Waals surface area contributed by atoms with Crippen molar-refractivity contribution in [3.05, 3.63) is 34.8 Å². The average molecular weight is 395 g/mol. The predicted molar refractivity (Wildman–Crippen MR) is 101 cm³/mol. The molecular weight excluding hydrogens is 375 g/mol. The molecule has 1 saturated heterocycles. The highest BCUT2D eigenvalue weighted by Gasteiger charge is 2.52. The van der Waals surface area contributed by atoms with Gasteiger partial charge in [-0.3, -0.25) is 4.99 Å². The number of hydrogen-bond acceptors (Lipinski definition) is 9. The topological polar surface area (TPSA) is 101 Å². The first-order valence-electron chi connectivity index (χ1n) is 8.20. The molecule has 0 bridgehead atoms. The smallest absolute Gasteiger partial charge is 0.225 e. The number of amidine groups is 1. The number of rotatable bonds is 3. The van der Waals surface area contributed by atoms with Crippen molar-refractivity contribution in [3.63, 3.8) is 0 Å². The molecule has 138 valence electrons. The molecule has 2 aromatic rings. The molecule has 3 N–H and O–H groups in total. The lowest BCUT2D eigenvalue weighted by Crippen LogP contribution is -2.38. The standard InChI is InChI=1S/C16H19FN6OS2/c1-15(2,24)12-10(17)6-20-14(22-12)23-7-9-5-19-13(18)25-16(9,8-23)11-3-4-21-26-11/h3-4,6,9,24H,5,7-8H2,1-2H3,(H2,18,19)/t9-,16-/m0/s1. The molecule has 0 aliphatic carbocycles. The summed E-state index contributed by atoms with van der Waals surface area (Å²) in [6.07, 6.45) is 2.91. The Morgan fingerprint density at radius 3 is 2.96 bits per heavy atom. The van der Waals surface area contributed by atoms with Gasteiger partial charge in [0, 0.05) is 36.6 Å². The highest BCUT2D eigenvalue weighted by Crippen LogP contribution is 2.51. The van der Waals surface area contributed by atoms with E-state index >= 15 is 0 Å². The number of aromatic nitrogens is 3. The fraction of sp³-hybridized carbons (Fsp3) is 0.500. The molecule has 2 aliphatic rings. The van der Waals surface area contributed by atoms with Crippen LogP contribution in [0.4, 0.5) is 10.3 Å². The van der Waals surface area contributed by atoms with E-state index < -0.39 is 11.4 Å². The molecule has 0 aromatic carbocycles. The van der Waals surface area contributed by atoms with Gasteiger partial charge in [-0.25, -0.2) is 18.7 Å². The van der Waals surface area contributed by atoms with Crippen LogP contribution in [-0.4, -0.2) is 44.2 Å². The minimum absolute atomic E-state index is 0.00682. The Morgan fingerprint density at radius 1 is 1.46 bits per heavy atom. The molecule has 2 aliphatic heterocycles. The fourth-order valence-corrected chi connectivity index (χ4v) is 5.68. The molecule has 2 aromatic heterocycles. The number of anilines is 1. The van der Waals surface area contributed by atoms with Crippen molar-refractivity contribution >= 4 is 34.4 Å². The van der Waals surface area contributed by atoms with E-state index in [9.17, 15) is 9.50 Å². The van der Waals surface area contributed by atoms with E-state index in [1.807, 2.05) is 11.0 Å². The SMILES string of the molecule is CC(C)(O)c1nc(N2C[C@@H]3CN=C(N)S[C@@]3(c3ccns3)C2)ncc1F. The van der Waals surface area contributed by atoms with Crippen LogP contribution in [-0.2, 0) is 10.3 Å². The van der Waals surface area contributed by atoms with E-state index in [2.05, 4.69) is 19.3 Å². The van der Waals surface area contributed by atoms with E-state index in [0.29, 0.717) is 30.8 Å². The maximum atomic E-state index is 14.0. The number of aliphatic imine (C=N–C) groups is 1. The number of nitrogens with zero attached hydrogens (tertiary/aromatic N) is 5. The normalized spacial score (nSPS) is 25.9. The number of thioether (sulfide) groups is 1. The van der Waals surface area contributed by atoms with Gasteiger partial charge in [-0.1, -0.05) is 11.8 Å². The van der Waals surface area contributed by atoms with Crippen LogP contribution in [0.15, 0.2) is 23.5 Å². The minimum atomic E-state index is -1.38. The Labute approximate surface area is 158 Å². The maximum absolute atomic E-state index is 14.0. The summed E-state index contributed by atoms with van der Waals surface area (Å²) in [6, 6.07) is 2.01. The second-order valence-corrected chi connectivity index (χ2v) is 9.23. The second kappa shape index (κ2) is 6.14. The van der Waals surface area contributed by atoms with Gasteiger partial charge >= 0.3 is 0 Å². The number of fused-ring (bicyclic) bond motifs is 1. The molecule has 10 heteroatoms. The lowest BCUT2D eigenvalue weighted by atomic mass is 9.93. The van der Waals surface area contributed by atoms with Crippen molar-refractivity contribution in [3.8, 4) is 0 Å². The highest BCUT2D eigenvalue weighted by atomic mass is 32.2. The van der Waals surface area contributed by atoms with Crippen LogP contribution in [0.25, 0.3) is 0 Å². The first-order valence-corrected chi connectivity index (χ1v) is 9.79. The van der Waals surface area contributed by atoms with Gasteiger partial charge in [0.05, 0.1) is 10.9 Å². The van der Waals surface area contributed by atoms with Crippen LogP contribution in [0.2, 0.25) is 0 Å². The molecule has 7 nitrogen and oxygen atoms in total. The van der Waals surface area contributed by atoms with Crippen molar-refractivity contribution in [2.75, 3.05) is 24.5 Å². The van der Waals surface area contributed by atoms with Crippen LogP contribution in [0.1, 0.15) is 24.4 Å². The molecule has 0 spiro atoms. The summed E-state index contributed by atoms with van der Waals surface area (Å²) in [5.74, 6) is 0.0115. The third-order valence-electron chi connectivity index (χ3n) is 4.73. The minimum Gasteiger partial charge on any atom is -0.384 e. The quantitative estimate of drug-likeness (QED) is 0.817. The molecule has 4 rings (SSSR count). The summed E-state index contributed by atoms with van der Waals surface area (Å²) in [6.45, 7) is 4.94. The number of hydrogen-bond donors (Lipinski definition) is 2. The molecule has 0 amide bonds. The van der Waals surface area contributed by atoms with Gasteiger partial charge in [0.1, 0.15) is 11.3 Å². The van der Waals surface area contributed by atoms with Gasteiger partial charge in [0.25, 0.3) is 0 Å². The molecule has 0 saturated carbocycles. The lowest BCUT2D eigenvalue weighted by molar-refractivity contribution is 0.0693. The van der Waals surface area contributed by atoms with Crippen LogP contribution in [0.5, 0.6) is 0 Å². The summed E-state index contributed by atoms with van der Waals surface area (Å²) in [5, 5.41) is 10.7. The molecule has 0 unspecified atom stereocenters. The van der Waals surface area contributed by atoms with E-state index in [4.69, 9.17) is 5.73 Å². The molecule has 4 heterocycles. The zero-order valence-electron chi connectivity index (χ0n) is 14.4. The Morgan fingerprint density at radius 2 is 2.27 bits per heavy atom. The van der Waals surface area contributed by atoms with E-state index in [1.54, 1.807) is 18.0 Å². The second-order valence-electron chi connectivity index (χ2n) is 7.05. The van der Waals surface area contributed by atoms with Crippen molar-refractivity contribution in [2.24, 2.45) is 16.6 Å². The fourth-order valence-electron chi connectivity index (χ4n) is 3.49. The van der Waals surface area contributed by atoms with E-state index in [1.165, 1.54) is 25.4 Å². The third kappa shape index (κ3) is 2.85. The van der Waals surface area contributed by atoms with Gasteiger partial charge in [0.15, 0.2) is 11.0 Å². The predicted octanol–water partition coefficient (Wildman–Crippen LogP) is 1.69. The Kier molecular flexibility index (Phi) is 4.16. The van der Waals surface area contributed by atoms with Crippen molar-refractivity contribution in [1.29, 1.82) is 0 Å². The van der Waals surface area contributed by atoms with Crippen LogP contribution >= 0.6 is 23.3 Å². The molecule has 2 atom stereocenters. The van der Waals surface area contributed by atoms with Crippen LogP contribution < -0.4 is 10.6 Å². The number of aliphatic hydroxyl groups is 1.